The van der Waals surface area contributed by atoms with Crippen LogP contribution in [0.3, 0.4) is 0 Å². The first-order valence-corrected chi connectivity index (χ1v) is 6.88. The molecule has 1 saturated heterocycles. The number of carbonyl (C=O) groups is 2. The lowest BCUT2D eigenvalue weighted by molar-refractivity contribution is -0.124. The van der Waals surface area contributed by atoms with Gasteiger partial charge in [-0.15, -0.1) is 0 Å². The molecule has 1 aliphatic heterocycles. The number of Topliss-reactive ketones (excluding diaryl/α,β-unsaturated/α-hetero) is 1. The number of piperidine rings is 1. The number of rotatable bonds is 0. The minimum absolute atomic E-state index is 0.214. The fourth-order valence-electron chi connectivity index (χ4n) is 3.02. The van der Waals surface area contributed by atoms with Crippen LogP contribution >= 0.6 is 0 Å². The Balaban J connectivity index is 2.03. The van der Waals surface area contributed by atoms with E-state index in [1.165, 1.54) is 0 Å². The molecule has 2 rings (SSSR count). The summed E-state index contributed by atoms with van der Waals surface area (Å²) in [7, 11) is 0. The highest BCUT2D eigenvalue weighted by Gasteiger charge is 2.39. The van der Waals surface area contributed by atoms with Gasteiger partial charge in [0.05, 0.1) is 0 Å². The van der Waals surface area contributed by atoms with E-state index in [4.69, 9.17) is 4.74 Å². The fraction of sp³-hybridized carbons (Fsp3) is 0.857. The number of hydrogen-bond donors (Lipinski definition) is 0. The molecule has 0 bridgehead atoms. The summed E-state index contributed by atoms with van der Waals surface area (Å²) in [5.74, 6) is 0.704. The molecule has 2 fully saturated rings. The average Bonchev–Trinajstić information content (AvgIpc) is 2.25. The molecular weight excluding hydrogens is 230 g/mol. The van der Waals surface area contributed by atoms with Crippen LogP contribution in [0, 0.1) is 5.92 Å². The zero-order chi connectivity index (χ0) is 13.3. The maximum atomic E-state index is 12.2. The molecule has 2 atom stereocenters. The molecule has 4 nitrogen and oxygen atoms in total. The Morgan fingerprint density at radius 1 is 1.33 bits per heavy atom. The highest BCUT2D eigenvalue weighted by molar-refractivity contribution is 5.80. The van der Waals surface area contributed by atoms with Gasteiger partial charge in [-0.3, -0.25) is 4.79 Å². The number of fused-ring (bicyclic) bond motifs is 1. The summed E-state index contributed by atoms with van der Waals surface area (Å²) in [5, 5.41) is 0. The Labute approximate surface area is 109 Å². The van der Waals surface area contributed by atoms with E-state index in [0.29, 0.717) is 24.5 Å². The number of amides is 1. The van der Waals surface area contributed by atoms with Gasteiger partial charge in [0, 0.05) is 25.4 Å². The first-order chi connectivity index (χ1) is 8.37. The van der Waals surface area contributed by atoms with E-state index in [-0.39, 0.29) is 12.1 Å². The predicted octanol–water partition coefficient (Wildman–Crippen LogP) is 2.76. The van der Waals surface area contributed by atoms with Crippen LogP contribution in [0.25, 0.3) is 0 Å². The quantitative estimate of drug-likeness (QED) is 0.667. The molecule has 102 valence electrons. The minimum Gasteiger partial charge on any atom is -0.444 e. The van der Waals surface area contributed by atoms with E-state index in [1.54, 1.807) is 0 Å². The van der Waals surface area contributed by atoms with Gasteiger partial charge in [-0.25, -0.2) is 4.79 Å². The van der Waals surface area contributed by atoms with E-state index in [1.807, 2.05) is 25.7 Å². The SMILES string of the molecule is CC(C)(C)OC(=O)N1CCC[C@H]2CC(=O)CC[C@@H]21. The van der Waals surface area contributed by atoms with E-state index in [2.05, 4.69) is 0 Å². The number of ketones is 1. The van der Waals surface area contributed by atoms with Gasteiger partial charge >= 0.3 is 6.09 Å². The van der Waals surface area contributed by atoms with Gasteiger partial charge in [-0.1, -0.05) is 0 Å². The van der Waals surface area contributed by atoms with Gasteiger partial charge in [0.15, 0.2) is 0 Å². The third-order valence-corrected chi connectivity index (χ3v) is 3.76. The van der Waals surface area contributed by atoms with Crippen LogP contribution in [0.1, 0.15) is 52.9 Å². The standard InChI is InChI=1S/C14H23NO3/c1-14(2,3)18-13(17)15-8-4-5-10-9-11(16)6-7-12(10)15/h10,12H,4-9H2,1-3H3/t10-,12-/m0/s1. The normalized spacial score (nSPS) is 28.8. The topological polar surface area (TPSA) is 46.6 Å². The average molecular weight is 253 g/mol. The molecule has 2 aliphatic rings. The van der Waals surface area contributed by atoms with Crippen LogP contribution in [0.5, 0.6) is 0 Å². The molecule has 1 aliphatic carbocycles. The van der Waals surface area contributed by atoms with E-state index < -0.39 is 5.60 Å². The summed E-state index contributed by atoms with van der Waals surface area (Å²) in [6, 6.07) is 0.214. The van der Waals surface area contributed by atoms with Gasteiger partial charge < -0.3 is 9.64 Å². The lowest BCUT2D eigenvalue weighted by atomic mass is 9.78. The Morgan fingerprint density at radius 2 is 2.06 bits per heavy atom. The molecule has 0 aromatic heterocycles. The molecule has 4 heteroatoms. The Morgan fingerprint density at radius 3 is 2.72 bits per heavy atom. The van der Waals surface area contributed by atoms with Crippen molar-refractivity contribution >= 4 is 11.9 Å². The molecular formula is C14H23NO3. The molecule has 1 heterocycles. The van der Waals surface area contributed by atoms with Crippen molar-refractivity contribution in [3.63, 3.8) is 0 Å². The Bertz CT molecular complexity index is 345. The number of nitrogens with zero attached hydrogens (tertiary/aromatic N) is 1. The molecule has 0 N–H and O–H groups in total. The molecule has 0 spiro atoms. The molecule has 0 aromatic carbocycles. The van der Waals surface area contributed by atoms with Crippen molar-refractivity contribution in [3.8, 4) is 0 Å². The molecule has 18 heavy (non-hydrogen) atoms. The molecule has 0 radical (unpaired) electrons. The number of carbonyl (C=O) groups excluding carboxylic acids is 2. The van der Waals surface area contributed by atoms with E-state index in [9.17, 15) is 9.59 Å². The fourth-order valence-corrected chi connectivity index (χ4v) is 3.02. The second-order valence-corrected chi connectivity index (χ2v) is 6.42. The first-order valence-electron chi connectivity index (χ1n) is 6.88. The second-order valence-electron chi connectivity index (χ2n) is 6.42. The molecule has 0 aromatic rings. The van der Waals surface area contributed by atoms with Crippen LogP contribution in [-0.2, 0) is 9.53 Å². The third-order valence-electron chi connectivity index (χ3n) is 3.76. The molecule has 1 saturated carbocycles. The zero-order valence-corrected chi connectivity index (χ0v) is 11.6. The summed E-state index contributed by atoms with van der Waals surface area (Å²) in [6.07, 6.45) is 3.89. The van der Waals surface area contributed by atoms with Gasteiger partial charge in [0.1, 0.15) is 11.4 Å². The lowest BCUT2D eigenvalue weighted by Crippen LogP contribution is -2.52. The van der Waals surface area contributed by atoms with E-state index >= 15 is 0 Å². The van der Waals surface area contributed by atoms with Crippen LogP contribution in [0.4, 0.5) is 4.79 Å². The molecule has 0 unspecified atom stereocenters. The monoisotopic (exact) mass is 253 g/mol. The van der Waals surface area contributed by atoms with Crippen LogP contribution in [-0.4, -0.2) is 35.0 Å². The van der Waals surface area contributed by atoms with Crippen molar-refractivity contribution in [2.75, 3.05) is 6.54 Å². The number of hydrogen-bond acceptors (Lipinski definition) is 3. The van der Waals surface area contributed by atoms with Crippen molar-refractivity contribution in [2.24, 2.45) is 5.92 Å². The van der Waals surface area contributed by atoms with Crippen molar-refractivity contribution < 1.29 is 14.3 Å². The van der Waals surface area contributed by atoms with Crippen molar-refractivity contribution in [3.05, 3.63) is 0 Å². The van der Waals surface area contributed by atoms with E-state index in [0.717, 1.165) is 25.8 Å². The van der Waals surface area contributed by atoms with Crippen LogP contribution in [0.15, 0.2) is 0 Å². The number of ether oxygens (including phenoxy) is 1. The highest BCUT2D eigenvalue weighted by Crippen LogP contribution is 2.34. The van der Waals surface area contributed by atoms with Crippen LogP contribution < -0.4 is 0 Å². The largest absolute Gasteiger partial charge is 0.444 e. The van der Waals surface area contributed by atoms with Crippen molar-refractivity contribution in [1.29, 1.82) is 0 Å². The highest BCUT2D eigenvalue weighted by atomic mass is 16.6. The lowest BCUT2D eigenvalue weighted by Gasteiger charge is -2.43. The first kappa shape index (κ1) is 13.4. The van der Waals surface area contributed by atoms with Crippen LogP contribution in [0.2, 0.25) is 0 Å². The zero-order valence-electron chi connectivity index (χ0n) is 11.6. The number of likely N-dealkylation sites (tertiary alicyclic amines) is 1. The Hall–Kier alpha value is -1.06. The van der Waals surface area contributed by atoms with Crippen molar-refractivity contribution in [2.45, 2.75) is 64.5 Å². The second kappa shape index (κ2) is 4.90. The maximum absolute atomic E-state index is 12.2. The summed E-state index contributed by atoms with van der Waals surface area (Å²) in [4.78, 5) is 25.5. The van der Waals surface area contributed by atoms with Gasteiger partial charge in [-0.2, -0.15) is 0 Å². The third kappa shape index (κ3) is 3.03. The van der Waals surface area contributed by atoms with Gasteiger partial charge in [0.2, 0.25) is 0 Å². The summed E-state index contributed by atoms with van der Waals surface area (Å²) in [5.41, 5.74) is -0.450. The van der Waals surface area contributed by atoms with Gasteiger partial charge in [0.25, 0.3) is 0 Å². The Kier molecular flexibility index (Phi) is 3.64. The predicted molar refractivity (Wildman–Crippen MR) is 68.3 cm³/mol. The minimum atomic E-state index is -0.450. The summed E-state index contributed by atoms with van der Waals surface area (Å²) < 4.78 is 5.46. The van der Waals surface area contributed by atoms with Gasteiger partial charge in [-0.05, 0) is 46.0 Å². The summed E-state index contributed by atoms with van der Waals surface area (Å²) >= 11 is 0. The summed E-state index contributed by atoms with van der Waals surface area (Å²) in [6.45, 7) is 6.43. The smallest absolute Gasteiger partial charge is 0.410 e. The molecule has 1 amide bonds. The van der Waals surface area contributed by atoms with Crippen molar-refractivity contribution in [1.82, 2.24) is 4.90 Å². The maximum Gasteiger partial charge on any atom is 0.410 e.